The Morgan fingerprint density at radius 2 is 1.84 bits per heavy atom. The van der Waals surface area contributed by atoms with Gasteiger partial charge in [0.2, 0.25) is 0 Å². The number of benzene rings is 2. The number of nitrogens with two attached hydrogens (primary N) is 1. The van der Waals surface area contributed by atoms with E-state index >= 15 is 0 Å². The summed E-state index contributed by atoms with van der Waals surface area (Å²) in [5.41, 5.74) is 10.5. The van der Waals surface area contributed by atoms with Gasteiger partial charge in [-0.3, -0.25) is 5.73 Å². The van der Waals surface area contributed by atoms with Crippen LogP contribution in [0.1, 0.15) is 16.7 Å². The van der Waals surface area contributed by atoms with Crippen LogP contribution < -0.4 is 15.8 Å². The highest BCUT2D eigenvalue weighted by Gasteiger charge is 2.37. The van der Waals surface area contributed by atoms with Crippen molar-refractivity contribution in [1.29, 1.82) is 0 Å². The third-order valence-corrected chi connectivity index (χ3v) is 3.80. The van der Waals surface area contributed by atoms with Gasteiger partial charge in [0.1, 0.15) is 0 Å². The van der Waals surface area contributed by atoms with Gasteiger partial charge in [-0.2, -0.15) is 0 Å². The predicted octanol–water partition coefficient (Wildman–Crippen LogP) is 3.64. The molecule has 1 atom stereocenters. The van der Waals surface area contributed by atoms with Gasteiger partial charge in [-0.1, -0.05) is 34.1 Å². The summed E-state index contributed by atoms with van der Waals surface area (Å²) in [5.74, 6) is -0.169. The lowest BCUT2D eigenvalue weighted by Crippen LogP contribution is -2.46. The quantitative estimate of drug-likeness (QED) is 0.844. The van der Waals surface area contributed by atoms with Gasteiger partial charge < -0.3 is 10.1 Å². The van der Waals surface area contributed by atoms with Crippen LogP contribution in [0.15, 0.2) is 40.9 Å². The third-order valence-electron chi connectivity index (χ3n) is 3.28. The number of hydrogen-bond donors (Lipinski definition) is 2. The van der Waals surface area contributed by atoms with Crippen molar-refractivity contribution in [3.8, 4) is 5.75 Å². The molecule has 0 saturated carbocycles. The van der Waals surface area contributed by atoms with Gasteiger partial charge in [-0.15, -0.1) is 0 Å². The second-order valence-corrected chi connectivity index (χ2v) is 5.84. The lowest BCUT2D eigenvalue weighted by Gasteiger charge is -2.24. The molecular weight excluding hydrogens is 304 g/mol. The van der Waals surface area contributed by atoms with Crippen molar-refractivity contribution in [2.24, 2.45) is 5.73 Å². The van der Waals surface area contributed by atoms with Crippen LogP contribution in [0.2, 0.25) is 0 Å². The second-order valence-electron chi connectivity index (χ2n) is 4.93. The zero-order valence-electron chi connectivity index (χ0n) is 10.8. The molecule has 19 heavy (non-hydrogen) atoms. The molecule has 2 aromatic carbocycles. The number of halogens is 1. The molecule has 1 aliphatic rings. The number of hydrogen-bond acceptors (Lipinski definition) is 3. The molecule has 0 amide bonds. The van der Waals surface area contributed by atoms with Crippen LogP contribution in [0, 0.1) is 13.8 Å². The van der Waals surface area contributed by atoms with E-state index in [4.69, 9.17) is 10.5 Å². The van der Waals surface area contributed by atoms with Crippen LogP contribution in [-0.4, -0.2) is 0 Å². The highest BCUT2D eigenvalue weighted by atomic mass is 79.9. The van der Waals surface area contributed by atoms with E-state index in [-0.39, 0.29) is 0 Å². The summed E-state index contributed by atoms with van der Waals surface area (Å²) in [4.78, 5) is 0. The molecule has 98 valence electrons. The summed E-state index contributed by atoms with van der Waals surface area (Å²) in [7, 11) is 0. The molecule has 0 radical (unpaired) electrons. The van der Waals surface area contributed by atoms with Crippen molar-refractivity contribution in [2.45, 2.75) is 19.7 Å². The monoisotopic (exact) mass is 318 g/mol. The lowest BCUT2D eigenvalue weighted by molar-refractivity contribution is 0.125. The van der Waals surface area contributed by atoms with Crippen LogP contribution in [0.3, 0.4) is 0 Å². The van der Waals surface area contributed by atoms with Gasteiger partial charge in [-0.05, 0) is 43.2 Å². The molecule has 1 aliphatic heterocycles. The largest absolute Gasteiger partial charge is 0.448 e. The van der Waals surface area contributed by atoms with E-state index in [9.17, 15) is 0 Å². The Labute approximate surface area is 120 Å². The van der Waals surface area contributed by atoms with Crippen molar-refractivity contribution in [3.63, 3.8) is 0 Å². The first-order valence-corrected chi connectivity index (χ1v) is 6.90. The highest BCUT2D eigenvalue weighted by molar-refractivity contribution is 9.10. The summed E-state index contributed by atoms with van der Waals surface area (Å²) in [6, 6.07) is 12.0. The van der Waals surface area contributed by atoms with E-state index in [1.807, 2.05) is 31.2 Å². The van der Waals surface area contributed by atoms with Crippen LogP contribution in [0.4, 0.5) is 5.69 Å². The number of nitrogens with one attached hydrogen (secondary N) is 1. The number of anilines is 1. The first-order valence-electron chi connectivity index (χ1n) is 6.11. The molecule has 1 unspecified atom stereocenters. The van der Waals surface area contributed by atoms with Gasteiger partial charge in [0, 0.05) is 10.0 Å². The molecule has 3 rings (SSSR count). The SMILES string of the molecule is Cc1cc(C)c2c(c1)NC(N)(c1ccc(Br)cc1)O2. The average Bonchev–Trinajstić information content (AvgIpc) is 2.68. The highest BCUT2D eigenvalue weighted by Crippen LogP contribution is 2.42. The smallest absolute Gasteiger partial charge is 0.263 e. The minimum absolute atomic E-state index is 0.830. The molecule has 0 aliphatic carbocycles. The molecule has 0 saturated heterocycles. The minimum Gasteiger partial charge on any atom is -0.448 e. The Kier molecular flexibility index (Phi) is 2.80. The molecule has 4 heteroatoms. The Bertz CT molecular complexity index is 639. The lowest BCUT2D eigenvalue weighted by atomic mass is 10.1. The molecule has 0 fully saturated rings. The minimum atomic E-state index is -0.998. The maximum Gasteiger partial charge on any atom is 0.263 e. The van der Waals surface area contributed by atoms with Crippen LogP contribution >= 0.6 is 15.9 Å². The second kappa shape index (κ2) is 4.25. The van der Waals surface area contributed by atoms with Gasteiger partial charge in [0.05, 0.1) is 5.69 Å². The first kappa shape index (κ1) is 12.5. The van der Waals surface area contributed by atoms with Gasteiger partial charge in [0.15, 0.2) is 5.75 Å². The van der Waals surface area contributed by atoms with Crippen molar-refractivity contribution in [1.82, 2.24) is 0 Å². The molecule has 0 aromatic heterocycles. The fraction of sp³-hybridized carbons (Fsp3) is 0.200. The molecular formula is C15H15BrN2O. The average molecular weight is 319 g/mol. The van der Waals surface area contributed by atoms with E-state index in [1.165, 1.54) is 5.56 Å². The fourth-order valence-corrected chi connectivity index (χ4v) is 2.66. The Morgan fingerprint density at radius 3 is 2.53 bits per heavy atom. The van der Waals surface area contributed by atoms with E-state index in [0.29, 0.717) is 0 Å². The molecule has 2 aromatic rings. The molecule has 0 spiro atoms. The van der Waals surface area contributed by atoms with Crippen molar-refractivity contribution < 1.29 is 4.74 Å². The summed E-state index contributed by atoms with van der Waals surface area (Å²) >= 11 is 3.42. The first-order chi connectivity index (χ1) is 8.98. The summed E-state index contributed by atoms with van der Waals surface area (Å²) in [6.07, 6.45) is 0. The maximum absolute atomic E-state index is 6.35. The molecule has 3 N–H and O–H groups in total. The van der Waals surface area contributed by atoms with E-state index in [0.717, 1.165) is 27.0 Å². The molecule has 0 bridgehead atoms. The standard InChI is InChI=1S/C15H15BrN2O/c1-9-7-10(2)14-13(8-9)18-15(17,19-14)11-3-5-12(16)6-4-11/h3-8,18H,17H2,1-2H3. The van der Waals surface area contributed by atoms with Gasteiger partial charge >= 0.3 is 0 Å². The zero-order chi connectivity index (χ0) is 13.6. The Balaban J connectivity index is 2.02. The summed E-state index contributed by atoms with van der Waals surface area (Å²) < 4.78 is 6.97. The van der Waals surface area contributed by atoms with E-state index in [2.05, 4.69) is 40.3 Å². The van der Waals surface area contributed by atoms with Crippen molar-refractivity contribution in [2.75, 3.05) is 5.32 Å². The maximum atomic E-state index is 6.35. The summed E-state index contributed by atoms with van der Waals surface area (Å²) in [5, 5.41) is 3.27. The Morgan fingerprint density at radius 1 is 1.16 bits per heavy atom. The number of ether oxygens (including phenoxy) is 1. The van der Waals surface area contributed by atoms with E-state index < -0.39 is 5.85 Å². The van der Waals surface area contributed by atoms with Crippen molar-refractivity contribution >= 4 is 21.6 Å². The topological polar surface area (TPSA) is 47.3 Å². The number of rotatable bonds is 1. The zero-order valence-corrected chi connectivity index (χ0v) is 12.4. The predicted molar refractivity (Wildman–Crippen MR) is 80.2 cm³/mol. The van der Waals surface area contributed by atoms with Crippen LogP contribution in [0.5, 0.6) is 5.75 Å². The summed E-state index contributed by atoms with van der Waals surface area (Å²) in [6.45, 7) is 4.09. The number of fused-ring (bicyclic) bond motifs is 1. The van der Waals surface area contributed by atoms with Crippen molar-refractivity contribution in [3.05, 3.63) is 57.6 Å². The van der Waals surface area contributed by atoms with E-state index in [1.54, 1.807) is 0 Å². The fourth-order valence-electron chi connectivity index (χ4n) is 2.40. The molecule has 1 heterocycles. The normalized spacial score (nSPS) is 20.6. The van der Waals surface area contributed by atoms with Gasteiger partial charge in [-0.25, -0.2) is 0 Å². The van der Waals surface area contributed by atoms with Gasteiger partial charge in [0.25, 0.3) is 5.85 Å². The molecule has 3 nitrogen and oxygen atoms in total. The third kappa shape index (κ3) is 2.11. The van der Waals surface area contributed by atoms with Crippen LogP contribution in [0.25, 0.3) is 0 Å². The van der Waals surface area contributed by atoms with Crippen LogP contribution in [-0.2, 0) is 5.85 Å². The Hall–Kier alpha value is -1.52. The number of aryl methyl sites for hydroxylation is 2.